The zero-order valence-electron chi connectivity index (χ0n) is 10.8. The minimum absolute atomic E-state index is 0.210. The van der Waals surface area contributed by atoms with Crippen molar-refractivity contribution >= 4 is 0 Å². The van der Waals surface area contributed by atoms with Gasteiger partial charge in [0.15, 0.2) is 0 Å². The van der Waals surface area contributed by atoms with Crippen LogP contribution in [0.2, 0.25) is 0 Å². The number of nitrogens with one attached hydrogen (secondary N) is 1. The number of aliphatic hydroxyl groups is 1. The molecule has 0 amide bonds. The predicted molar refractivity (Wildman–Crippen MR) is 69.9 cm³/mol. The van der Waals surface area contributed by atoms with E-state index in [1.165, 1.54) is 11.1 Å². The van der Waals surface area contributed by atoms with E-state index in [-0.39, 0.29) is 12.6 Å². The highest BCUT2D eigenvalue weighted by molar-refractivity contribution is 5.24. The quantitative estimate of drug-likeness (QED) is 0.728. The van der Waals surface area contributed by atoms with Crippen molar-refractivity contribution in [2.24, 2.45) is 0 Å². The maximum absolute atomic E-state index is 9.08. The lowest BCUT2D eigenvalue weighted by Gasteiger charge is -2.18. The summed E-state index contributed by atoms with van der Waals surface area (Å²) < 4.78 is 5.09. The van der Waals surface area contributed by atoms with E-state index in [1.807, 2.05) is 0 Å². The Morgan fingerprint density at radius 1 is 1.29 bits per heavy atom. The van der Waals surface area contributed by atoms with E-state index in [4.69, 9.17) is 9.84 Å². The minimum Gasteiger partial charge on any atom is -0.396 e. The van der Waals surface area contributed by atoms with Gasteiger partial charge in [-0.2, -0.15) is 0 Å². The van der Waals surface area contributed by atoms with Crippen molar-refractivity contribution in [1.82, 2.24) is 5.32 Å². The van der Waals surface area contributed by atoms with Gasteiger partial charge in [0, 0.05) is 19.8 Å². The van der Waals surface area contributed by atoms with Crippen LogP contribution in [0.3, 0.4) is 0 Å². The van der Waals surface area contributed by atoms with Crippen molar-refractivity contribution in [2.45, 2.75) is 32.4 Å². The van der Waals surface area contributed by atoms with E-state index in [2.05, 4.69) is 36.5 Å². The van der Waals surface area contributed by atoms with Gasteiger partial charge in [-0.3, -0.25) is 0 Å². The lowest BCUT2D eigenvalue weighted by molar-refractivity contribution is 0.185. The molecule has 1 atom stereocenters. The average Bonchev–Trinajstić information content (AvgIpc) is 2.36. The molecule has 1 aromatic carbocycles. The smallest absolute Gasteiger partial charge is 0.0713 e. The summed E-state index contributed by atoms with van der Waals surface area (Å²) in [6.07, 6.45) is 1.85. The van der Waals surface area contributed by atoms with Crippen molar-refractivity contribution < 1.29 is 9.84 Å². The molecule has 2 N–H and O–H groups in total. The van der Waals surface area contributed by atoms with Crippen LogP contribution in [0.1, 0.15) is 36.9 Å². The number of ether oxygens (including phenoxy) is 1. The van der Waals surface area contributed by atoms with Crippen LogP contribution in [0.25, 0.3) is 0 Å². The second-order valence-corrected chi connectivity index (χ2v) is 4.19. The molecule has 0 aliphatic heterocycles. The molecule has 17 heavy (non-hydrogen) atoms. The van der Waals surface area contributed by atoms with Gasteiger partial charge >= 0.3 is 0 Å². The van der Waals surface area contributed by atoms with Crippen LogP contribution in [-0.2, 0) is 11.3 Å². The first-order chi connectivity index (χ1) is 8.31. The molecule has 1 rings (SSSR count). The first-order valence-corrected chi connectivity index (χ1v) is 6.23. The van der Waals surface area contributed by atoms with Crippen molar-refractivity contribution in [3.8, 4) is 0 Å². The molecule has 0 aliphatic rings. The molecule has 0 aromatic heterocycles. The molecule has 0 bridgehead atoms. The van der Waals surface area contributed by atoms with E-state index in [1.54, 1.807) is 7.11 Å². The molecule has 0 spiro atoms. The van der Waals surface area contributed by atoms with Crippen LogP contribution in [0, 0.1) is 0 Å². The molecule has 96 valence electrons. The maximum atomic E-state index is 9.08. The van der Waals surface area contributed by atoms with Gasteiger partial charge in [-0.05, 0) is 30.5 Å². The van der Waals surface area contributed by atoms with E-state index >= 15 is 0 Å². The van der Waals surface area contributed by atoms with Crippen molar-refractivity contribution in [1.29, 1.82) is 0 Å². The van der Waals surface area contributed by atoms with E-state index in [0.29, 0.717) is 6.61 Å². The van der Waals surface area contributed by atoms with E-state index < -0.39 is 0 Å². The second kappa shape index (κ2) is 8.23. The van der Waals surface area contributed by atoms with Gasteiger partial charge in [-0.1, -0.05) is 31.2 Å². The van der Waals surface area contributed by atoms with Crippen LogP contribution in [0.15, 0.2) is 24.3 Å². The molecule has 3 heteroatoms. The highest BCUT2D eigenvalue weighted by atomic mass is 16.5. The average molecular weight is 237 g/mol. The lowest BCUT2D eigenvalue weighted by atomic mass is 10.0. The SMILES string of the molecule is CCCNC(CCO)c1ccc(COC)cc1. The Balaban J connectivity index is 2.65. The standard InChI is InChI=1S/C14H23NO2/c1-3-9-15-14(8-10-16)13-6-4-12(5-7-13)11-17-2/h4-7,14-16H,3,8-11H2,1-2H3. The third kappa shape index (κ3) is 4.86. The van der Waals surface area contributed by atoms with Gasteiger partial charge in [-0.25, -0.2) is 0 Å². The van der Waals surface area contributed by atoms with Crippen LogP contribution in [0.4, 0.5) is 0 Å². The van der Waals surface area contributed by atoms with Gasteiger partial charge in [0.2, 0.25) is 0 Å². The molecule has 1 aromatic rings. The number of hydrogen-bond donors (Lipinski definition) is 2. The Labute approximate surface area is 104 Å². The summed E-state index contributed by atoms with van der Waals surface area (Å²) in [6, 6.07) is 8.62. The van der Waals surface area contributed by atoms with E-state index in [9.17, 15) is 0 Å². The van der Waals surface area contributed by atoms with Crippen LogP contribution in [0.5, 0.6) is 0 Å². The number of benzene rings is 1. The number of hydrogen-bond acceptors (Lipinski definition) is 3. The van der Waals surface area contributed by atoms with Gasteiger partial charge in [0.05, 0.1) is 6.61 Å². The number of aliphatic hydroxyl groups excluding tert-OH is 1. The predicted octanol–water partition coefficient (Wildman–Crippen LogP) is 2.26. The Morgan fingerprint density at radius 2 is 2.00 bits per heavy atom. The van der Waals surface area contributed by atoms with Crippen molar-refractivity contribution in [2.75, 3.05) is 20.3 Å². The van der Waals surface area contributed by atoms with Crippen LogP contribution < -0.4 is 5.32 Å². The van der Waals surface area contributed by atoms with Gasteiger partial charge in [-0.15, -0.1) is 0 Å². The Hall–Kier alpha value is -0.900. The highest BCUT2D eigenvalue weighted by Gasteiger charge is 2.09. The third-order valence-electron chi connectivity index (χ3n) is 2.75. The van der Waals surface area contributed by atoms with Crippen molar-refractivity contribution in [3.63, 3.8) is 0 Å². The summed E-state index contributed by atoms with van der Waals surface area (Å²) in [5.74, 6) is 0. The molecule has 0 aliphatic carbocycles. The molecular weight excluding hydrogens is 214 g/mol. The summed E-state index contributed by atoms with van der Waals surface area (Å²) in [6.45, 7) is 3.98. The third-order valence-corrected chi connectivity index (χ3v) is 2.75. The minimum atomic E-state index is 0.210. The van der Waals surface area contributed by atoms with Crippen LogP contribution in [-0.4, -0.2) is 25.4 Å². The largest absolute Gasteiger partial charge is 0.396 e. The van der Waals surface area contributed by atoms with Crippen molar-refractivity contribution in [3.05, 3.63) is 35.4 Å². The molecule has 0 fully saturated rings. The molecule has 1 unspecified atom stereocenters. The first kappa shape index (κ1) is 14.2. The number of methoxy groups -OCH3 is 1. The Morgan fingerprint density at radius 3 is 2.53 bits per heavy atom. The zero-order valence-corrected chi connectivity index (χ0v) is 10.8. The Bertz CT molecular complexity index is 298. The van der Waals surface area contributed by atoms with Gasteiger partial charge in [0.25, 0.3) is 0 Å². The summed E-state index contributed by atoms with van der Waals surface area (Å²) >= 11 is 0. The summed E-state index contributed by atoms with van der Waals surface area (Å²) in [5, 5.41) is 12.5. The monoisotopic (exact) mass is 237 g/mol. The topological polar surface area (TPSA) is 41.5 Å². The van der Waals surface area contributed by atoms with Gasteiger partial charge in [0.1, 0.15) is 0 Å². The fourth-order valence-electron chi connectivity index (χ4n) is 1.85. The highest BCUT2D eigenvalue weighted by Crippen LogP contribution is 2.17. The zero-order chi connectivity index (χ0) is 12.5. The first-order valence-electron chi connectivity index (χ1n) is 6.23. The molecule has 0 saturated carbocycles. The van der Waals surface area contributed by atoms with Crippen LogP contribution >= 0.6 is 0 Å². The lowest BCUT2D eigenvalue weighted by Crippen LogP contribution is -2.23. The summed E-state index contributed by atoms with van der Waals surface area (Å²) in [4.78, 5) is 0. The number of rotatable bonds is 8. The molecule has 0 radical (unpaired) electrons. The van der Waals surface area contributed by atoms with E-state index in [0.717, 1.165) is 19.4 Å². The molecular formula is C14H23NO2. The Kier molecular flexibility index (Phi) is 6.86. The maximum Gasteiger partial charge on any atom is 0.0713 e. The molecule has 3 nitrogen and oxygen atoms in total. The van der Waals surface area contributed by atoms with Gasteiger partial charge < -0.3 is 15.2 Å². The molecule has 0 heterocycles. The normalized spacial score (nSPS) is 12.6. The molecule has 0 saturated heterocycles. The summed E-state index contributed by atoms with van der Waals surface area (Å²) in [7, 11) is 1.70. The summed E-state index contributed by atoms with van der Waals surface area (Å²) in [5.41, 5.74) is 2.40. The second-order valence-electron chi connectivity index (χ2n) is 4.19. The fourth-order valence-corrected chi connectivity index (χ4v) is 1.85. The fraction of sp³-hybridized carbons (Fsp3) is 0.571.